The van der Waals surface area contributed by atoms with Gasteiger partial charge in [0.15, 0.2) is 0 Å². The van der Waals surface area contributed by atoms with E-state index in [2.05, 4.69) is 5.32 Å². The SMILES string of the molecule is CC.CN1Cc2ccc(OC3CCNCC3)cc2C1=O. The smallest absolute Gasteiger partial charge is 0.254 e. The van der Waals surface area contributed by atoms with Crippen molar-refractivity contribution >= 4 is 5.91 Å². The van der Waals surface area contributed by atoms with Gasteiger partial charge in [0, 0.05) is 19.2 Å². The summed E-state index contributed by atoms with van der Waals surface area (Å²) in [6, 6.07) is 5.88. The molecule has 0 radical (unpaired) electrons. The van der Waals surface area contributed by atoms with Crippen LogP contribution in [-0.2, 0) is 6.54 Å². The number of fused-ring (bicyclic) bond motifs is 1. The van der Waals surface area contributed by atoms with E-state index >= 15 is 0 Å². The molecule has 1 N–H and O–H groups in total. The Bertz CT molecular complexity index is 468. The summed E-state index contributed by atoms with van der Waals surface area (Å²) in [5.41, 5.74) is 1.89. The second-order valence-corrected chi connectivity index (χ2v) is 5.05. The van der Waals surface area contributed by atoms with E-state index in [1.165, 1.54) is 0 Å². The molecule has 3 rings (SSSR count). The molecule has 2 aliphatic rings. The lowest BCUT2D eigenvalue weighted by molar-refractivity contribution is 0.0815. The second kappa shape index (κ2) is 6.75. The molecule has 0 spiro atoms. The third-order valence-corrected chi connectivity index (χ3v) is 3.65. The first kappa shape index (κ1) is 14.9. The zero-order valence-corrected chi connectivity index (χ0v) is 12.6. The van der Waals surface area contributed by atoms with Gasteiger partial charge in [-0.1, -0.05) is 19.9 Å². The predicted molar refractivity (Wildman–Crippen MR) is 80.1 cm³/mol. The molecule has 0 aliphatic carbocycles. The number of carbonyl (C=O) groups excluding carboxylic acids is 1. The Kier molecular flexibility index (Phi) is 5.01. The van der Waals surface area contributed by atoms with E-state index in [1.54, 1.807) is 4.90 Å². The molecular weight excluding hydrogens is 252 g/mol. The molecule has 1 aromatic carbocycles. The monoisotopic (exact) mass is 276 g/mol. The third kappa shape index (κ3) is 3.12. The molecule has 1 aromatic rings. The van der Waals surface area contributed by atoms with Gasteiger partial charge in [-0.2, -0.15) is 0 Å². The number of hydrogen-bond donors (Lipinski definition) is 1. The molecule has 0 bridgehead atoms. The van der Waals surface area contributed by atoms with Crippen molar-refractivity contribution in [3.8, 4) is 5.75 Å². The van der Waals surface area contributed by atoms with Crippen molar-refractivity contribution in [2.45, 2.75) is 39.3 Å². The fourth-order valence-corrected chi connectivity index (χ4v) is 2.60. The number of piperidine rings is 1. The maximum absolute atomic E-state index is 11.9. The Morgan fingerprint density at radius 2 is 1.95 bits per heavy atom. The molecular formula is C16H24N2O2. The summed E-state index contributed by atoms with van der Waals surface area (Å²) in [6.45, 7) is 6.73. The highest BCUT2D eigenvalue weighted by atomic mass is 16.5. The van der Waals surface area contributed by atoms with Gasteiger partial charge in [-0.3, -0.25) is 4.79 Å². The molecule has 4 nitrogen and oxygen atoms in total. The topological polar surface area (TPSA) is 41.6 Å². The van der Waals surface area contributed by atoms with Crippen LogP contribution in [0.2, 0.25) is 0 Å². The van der Waals surface area contributed by atoms with Crippen LogP contribution in [-0.4, -0.2) is 37.0 Å². The zero-order valence-electron chi connectivity index (χ0n) is 12.6. The summed E-state index contributed by atoms with van der Waals surface area (Å²) >= 11 is 0. The van der Waals surface area contributed by atoms with Crippen LogP contribution < -0.4 is 10.1 Å². The van der Waals surface area contributed by atoms with E-state index in [9.17, 15) is 4.79 Å². The van der Waals surface area contributed by atoms with E-state index in [1.807, 2.05) is 39.1 Å². The van der Waals surface area contributed by atoms with Crippen molar-refractivity contribution in [2.75, 3.05) is 20.1 Å². The molecule has 110 valence electrons. The minimum absolute atomic E-state index is 0.0979. The number of rotatable bonds is 2. The van der Waals surface area contributed by atoms with Crippen LogP contribution in [0.5, 0.6) is 5.75 Å². The van der Waals surface area contributed by atoms with Crippen molar-refractivity contribution in [1.82, 2.24) is 10.2 Å². The average molecular weight is 276 g/mol. The van der Waals surface area contributed by atoms with Gasteiger partial charge in [0.2, 0.25) is 0 Å². The van der Waals surface area contributed by atoms with E-state index in [-0.39, 0.29) is 12.0 Å². The van der Waals surface area contributed by atoms with Crippen LogP contribution in [0.3, 0.4) is 0 Å². The zero-order chi connectivity index (χ0) is 14.5. The van der Waals surface area contributed by atoms with Gasteiger partial charge in [0.1, 0.15) is 11.9 Å². The fourth-order valence-electron chi connectivity index (χ4n) is 2.60. The molecule has 4 heteroatoms. The van der Waals surface area contributed by atoms with Crippen molar-refractivity contribution in [3.05, 3.63) is 29.3 Å². The molecule has 0 unspecified atom stereocenters. The quantitative estimate of drug-likeness (QED) is 0.902. The van der Waals surface area contributed by atoms with Crippen LogP contribution >= 0.6 is 0 Å². The first-order valence-electron chi connectivity index (χ1n) is 7.50. The van der Waals surface area contributed by atoms with Gasteiger partial charge in [-0.05, 0) is 43.6 Å². The Labute approximate surface area is 121 Å². The molecule has 0 saturated carbocycles. The number of amides is 1. The first-order valence-corrected chi connectivity index (χ1v) is 7.50. The molecule has 1 saturated heterocycles. The number of ether oxygens (including phenoxy) is 1. The lowest BCUT2D eigenvalue weighted by atomic mass is 10.1. The van der Waals surface area contributed by atoms with E-state index in [4.69, 9.17) is 4.74 Å². The van der Waals surface area contributed by atoms with Crippen molar-refractivity contribution in [2.24, 2.45) is 0 Å². The molecule has 1 amide bonds. The number of hydrogen-bond acceptors (Lipinski definition) is 3. The highest BCUT2D eigenvalue weighted by Gasteiger charge is 2.25. The van der Waals surface area contributed by atoms with Crippen molar-refractivity contribution in [1.29, 1.82) is 0 Å². The summed E-state index contributed by atoms with van der Waals surface area (Å²) in [4.78, 5) is 13.6. The van der Waals surface area contributed by atoms with Gasteiger partial charge in [-0.15, -0.1) is 0 Å². The minimum Gasteiger partial charge on any atom is -0.490 e. The first-order chi connectivity index (χ1) is 9.74. The normalized spacial score (nSPS) is 18.4. The third-order valence-electron chi connectivity index (χ3n) is 3.65. The molecule has 2 aliphatic heterocycles. The van der Waals surface area contributed by atoms with Crippen molar-refractivity contribution in [3.63, 3.8) is 0 Å². The van der Waals surface area contributed by atoms with Gasteiger partial charge in [0.05, 0.1) is 0 Å². The van der Waals surface area contributed by atoms with Crippen LogP contribution in [0.1, 0.15) is 42.6 Å². The Morgan fingerprint density at radius 1 is 1.25 bits per heavy atom. The largest absolute Gasteiger partial charge is 0.490 e. The minimum atomic E-state index is 0.0979. The van der Waals surface area contributed by atoms with E-state index in [0.29, 0.717) is 6.54 Å². The standard InChI is InChI=1S/C14H18N2O2.C2H6/c1-16-9-10-2-3-12(8-13(10)14(16)17)18-11-4-6-15-7-5-11;1-2/h2-3,8,11,15H,4-7,9H2,1H3;1-2H3. The van der Waals surface area contributed by atoms with Gasteiger partial charge < -0.3 is 15.0 Å². The van der Waals surface area contributed by atoms with Gasteiger partial charge in [0.25, 0.3) is 5.91 Å². The molecule has 20 heavy (non-hydrogen) atoms. The summed E-state index contributed by atoms with van der Waals surface area (Å²) in [7, 11) is 1.83. The Balaban J connectivity index is 0.000000704. The Hall–Kier alpha value is -1.55. The van der Waals surface area contributed by atoms with E-state index < -0.39 is 0 Å². The molecule has 0 aromatic heterocycles. The highest BCUT2D eigenvalue weighted by Crippen LogP contribution is 2.27. The van der Waals surface area contributed by atoms with Crippen LogP contribution in [0.15, 0.2) is 18.2 Å². The number of benzene rings is 1. The summed E-state index contributed by atoms with van der Waals surface area (Å²) in [5, 5.41) is 3.31. The van der Waals surface area contributed by atoms with E-state index in [0.717, 1.165) is 42.8 Å². The number of carbonyl (C=O) groups is 1. The Morgan fingerprint density at radius 3 is 2.65 bits per heavy atom. The second-order valence-electron chi connectivity index (χ2n) is 5.05. The molecule has 2 heterocycles. The molecule has 1 fully saturated rings. The van der Waals surface area contributed by atoms with Crippen LogP contribution in [0.4, 0.5) is 0 Å². The average Bonchev–Trinajstić information content (AvgIpc) is 2.78. The fraction of sp³-hybridized carbons (Fsp3) is 0.562. The summed E-state index contributed by atoms with van der Waals surface area (Å²) in [5.74, 6) is 0.921. The number of nitrogens with zero attached hydrogens (tertiary/aromatic N) is 1. The maximum Gasteiger partial charge on any atom is 0.254 e. The van der Waals surface area contributed by atoms with Crippen molar-refractivity contribution < 1.29 is 9.53 Å². The van der Waals surface area contributed by atoms with Gasteiger partial charge >= 0.3 is 0 Å². The predicted octanol–water partition coefficient (Wildman–Crippen LogP) is 2.43. The number of nitrogens with one attached hydrogen (secondary N) is 1. The lowest BCUT2D eigenvalue weighted by Gasteiger charge is -2.24. The maximum atomic E-state index is 11.9. The molecule has 0 atom stereocenters. The van der Waals surface area contributed by atoms with Crippen LogP contribution in [0.25, 0.3) is 0 Å². The summed E-state index contributed by atoms with van der Waals surface area (Å²) < 4.78 is 5.95. The van der Waals surface area contributed by atoms with Crippen LogP contribution in [0, 0.1) is 0 Å². The highest BCUT2D eigenvalue weighted by molar-refractivity contribution is 5.98. The lowest BCUT2D eigenvalue weighted by Crippen LogP contribution is -2.34. The van der Waals surface area contributed by atoms with Gasteiger partial charge in [-0.25, -0.2) is 0 Å². The summed E-state index contributed by atoms with van der Waals surface area (Å²) in [6.07, 6.45) is 2.34.